The Hall–Kier alpha value is -4.01. The number of ether oxygens (including phenoxy) is 3. The van der Waals surface area contributed by atoms with Gasteiger partial charge in [0.25, 0.3) is 0 Å². The first kappa shape index (κ1) is 25.3. The van der Waals surface area contributed by atoms with Crippen LogP contribution in [0.4, 0.5) is 0 Å². The van der Waals surface area contributed by atoms with Gasteiger partial charge in [-0.3, -0.25) is 9.59 Å². The number of pyridine rings is 1. The Bertz CT molecular complexity index is 1540. The van der Waals surface area contributed by atoms with Crippen LogP contribution in [0.25, 0.3) is 0 Å². The summed E-state index contributed by atoms with van der Waals surface area (Å²) < 4.78 is 18.6. The van der Waals surface area contributed by atoms with Crippen LogP contribution in [0, 0.1) is 5.92 Å². The Morgan fingerprint density at radius 3 is 2.36 bits per heavy atom. The van der Waals surface area contributed by atoms with E-state index in [1.807, 2.05) is 60.7 Å². The van der Waals surface area contributed by atoms with E-state index in [0.717, 1.165) is 10.0 Å². The van der Waals surface area contributed by atoms with Crippen LogP contribution in [0.3, 0.4) is 0 Å². The summed E-state index contributed by atoms with van der Waals surface area (Å²) >= 11 is 3.45. The van der Waals surface area contributed by atoms with E-state index in [9.17, 15) is 14.7 Å². The van der Waals surface area contributed by atoms with Gasteiger partial charge in [-0.2, -0.15) is 0 Å². The van der Waals surface area contributed by atoms with Crippen molar-refractivity contribution >= 4 is 27.7 Å². The predicted molar refractivity (Wildman–Crippen MR) is 145 cm³/mol. The first-order chi connectivity index (χ1) is 18.9. The highest BCUT2D eigenvalue weighted by Gasteiger charge is 2.77. The normalized spacial score (nSPS) is 24.9. The summed E-state index contributed by atoms with van der Waals surface area (Å²) in [6, 6.07) is 27.5. The third kappa shape index (κ3) is 3.85. The van der Waals surface area contributed by atoms with Gasteiger partial charge in [0.2, 0.25) is 11.4 Å². The highest BCUT2D eigenvalue weighted by molar-refractivity contribution is 9.10. The molecule has 4 aromatic rings. The van der Waals surface area contributed by atoms with Crippen LogP contribution in [0.1, 0.15) is 28.3 Å². The smallest absolute Gasteiger partial charge is 0.313 e. The topological polar surface area (TPSA) is 95.0 Å². The van der Waals surface area contributed by atoms with Crippen LogP contribution >= 0.6 is 15.9 Å². The average molecular weight is 586 g/mol. The van der Waals surface area contributed by atoms with Crippen molar-refractivity contribution < 1.29 is 28.9 Å². The summed E-state index contributed by atoms with van der Waals surface area (Å²) in [5, 5.41) is 12.3. The number of carbonyl (C=O) groups excluding carboxylic acids is 2. The van der Waals surface area contributed by atoms with Crippen molar-refractivity contribution in [3.05, 3.63) is 124 Å². The monoisotopic (exact) mass is 585 g/mol. The summed E-state index contributed by atoms with van der Waals surface area (Å²) in [4.78, 5) is 32.3. The lowest BCUT2D eigenvalue weighted by Crippen LogP contribution is -2.51. The molecule has 4 atom stereocenters. The van der Waals surface area contributed by atoms with Gasteiger partial charge in [0.1, 0.15) is 29.7 Å². The number of fused-ring (bicyclic) bond motifs is 4. The number of ketones is 1. The minimum Gasteiger partial charge on any atom is -0.487 e. The van der Waals surface area contributed by atoms with Crippen LogP contribution in [0.2, 0.25) is 0 Å². The summed E-state index contributed by atoms with van der Waals surface area (Å²) in [5.41, 5.74) is -1.97. The molecule has 2 heterocycles. The van der Waals surface area contributed by atoms with Crippen LogP contribution in [-0.2, 0) is 32.1 Å². The number of hydrogen-bond donors (Lipinski definition) is 1. The van der Waals surface area contributed by atoms with Gasteiger partial charge >= 0.3 is 5.97 Å². The van der Waals surface area contributed by atoms with E-state index >= 15 is 0 Å². The molecule has 1 aliphatic heterocycles. The molecular weight excluding hydrogens is 562 g/mol. The Labute approximate surface area is 233 Å². The largest absolute Gasteiger partial charge is 0.487 e. The maximum absolute atomic E-state index is 14.4. The standard InChI is InChI=1S/C31H24BrNO6/c1-37-28(34)26-25(20-10-6-3-7-11-20)31(21-12-14-22(32)15-13-21)29(35)30(26,36)27-24(39-31)16-23(17-33-27)38-18-19-8-4-2-5-9-19/h2-17,25-26,36H,18H2,1H3/t25-,26-,30-,31+/m1/s1. The number of hydrogen-bond acceptors (Lipinski definition) is 7. The summed E-state index contributed by atoms with van der Waals surface area (Å²) in [5.74, 6) is -3.07. The molecule has 3 aromatic carbocycles. The maximum atomic E-state index is 14.4. The zero-order valence-electron chi connectivity index (χ0n) is 20.9. The molecule has 1 fully saturated rings. The number of Topliss-reactive ketones (excluding diaryl/α,β-unsaturated/α-hetero) is 1. The number of methoxy groups -OCH3 is 1. The van der Waals surface area contributed by atoms with E-state index in [-0.39, 0.29) is 11.4 Å². The summed E-state index contributed by atoms with van der Waals surface area (Å²) in [6.45, 7) is 0.291. The van der Waals surface area contributed by atoms with Crippen molar-refractivity contribution in [2.75, 3.05) is 7.11 Å². The molecule has 1 saturated carbocycles. The van der Waals surface area contributed by atoms with Crippen molar-refractivity contribution in [2.24, 2.45) is 5.92 Å². The van der Waals surface area contributed by atoms with E-state index in [2.05, 4.69) is 20.9 Å². The maximum Gasteiger partial charge on any atom is 0.313 e. The number of aliphatic hydroxyl groups is 1. The molecule has 2 aliphatic rings. The van der Waals surface area contributed by atoms with Crippen molar-refractivity contribution in [2.45, 2.75) is 23.7 Å². The lowest BCUT2D eigenvalue weighted by molar-refractivity contribution is -0.163. The highest BCUT2D eigenvalue weighted by Crippen LogP contribution is 2.64. The first-order valence-electron chi connectivity index (χ1n) is 12.4. The fourth-order valence-corrected chi connectivity index (χ4v) is 6.04. The quantitative estimate of drug-likeness (QED) is 0.316. The molecule has 39 heavy (non-hydrogen) atoms. The summed E-state index contributed by atoms with van der Waals surface area (Å²) in [6.07, 6.45) is 1.42. The van der Waals surface area contributed by atoms with Gasteiger partial charge in [-0.1, -0.05) is 88.7 Å². The van der Waals surface area contributed by atoms with Crippen molar-refractivity contribution in [1.82, 2.24) is 4.98 Å². The van der Waals surface area contributed by atoms with Gasteiger partial charge in [0.05, 0.1) is 19.2 Å². The van der Waals surface area contributed by atoms with Gasteiger partial charge in [0, 0.05) is 16.1 Å². The molecule has 0 spiro atoms. The molecule has 2 bridgehead atoms. The number of rotatable bonds is 6. The molecule has 0 amide bonds. The number of nitrogens with zero attached hydrogens (tertiary/aromatic N) is 1. The molecule has 0 saturated heterocycles. The van der Waals surface area contributed by atoms with Crippen LogP contribution < -0.4 is 9.47 Å². The molecule has 196 valence electrons. The van der Waals surface area contributed by atoms with E-state index < -0.39 is 34.8 Å². The molecule has 0 unspecified atom stereocenters. The second-order valence-corrected chi connectivity index (χ2v) is 10.5. The SMILES string of the molecule is COC(=O)[C@H]1[C@@H](c2ccccc2)[C@]2(c3ccc(Br)cc3)Oc3cc(OCc4ccccc4)cnc3[C@@]1(O)C2=O. The number of halogens is 1. The minimum atomic E-state index is -2.30. The Morgan fingerprint density at radius 1 is 1.03 bits per heavy atom. The highest BCUT2D eigenvalue weighted by atomic mass is 79.9. The third-order valence-corrected chi connectivity index (χ3v) is 8.03. The first-order valence-corrected chi connectivity index (χ1v) is 13.2. The van der Waals surface area contributed by atoms with Crippen molar-refractivity contribution in [3.63, 3.8) is 0 Å². The van der Waals surface area contributed by atoms with Gasteiger partial charge in [-0.05, 0) is 23.3 Å². The molecule has 1 aliphatic carbocycles. The Morgan fingerprint density at radius 2 is 1.69 bits per heavy atom. The van der Waals surface area contributed by atoms with Gasteiger partial charge in [0.15, 0.2) is 5.60 Å². The fourth-order valence-electron chi connectivity index (χ4n) is 5.78. The van der Waals surface area contributed by atoms with Crippen LogP contribution in [0.5, 0.6) is 11.5 Å². The Kier molecular flexibility index (Phi) is 6.24. The van der Waals surface area contributed by atoms with Gasteiger partial charge in [-0.15, -0.1) is 0 Å². The van der Waals surface area contributed by atoms with E-state index in [1.54, 1.807) is 30.3 Å². The molecule has 1 N–H and O–H groups in total. The molecular formula is C31H24BrNO6. The lowest BCUT2D eigenvalue weighted by Gasteiger charge is -2.38. The fraction of sp³-hybridized carbons (Fsp3) is 0.194. The van der Waals surface area contributed by atoms with Crippen molar-refractivity contribution in [3.8, 4) is 11.5 Å². The van der Waals surface area contributed by atoms with Gasteiger partial charge in [-0.25, -0.2) is 4.98 Å². The molecule has 1 aromatic heterocycles. The average Bonchev–Trinajstić information content (AvgIpc) is 3.10. The van der Waals surface area contributed by atoms with E-state index in [1.165, 1.54) is 13.3 Å². The Balaban J connectivity index is 1.55. The third-order valence-electron chi connectivity index (χ3n) is 7.50. The zero-order valence-corrected chi connectivity index (χ0v) is 22.5. The number of benzene rings is 3. The van der Waals surface area contributed by atoms with Crippen LogP contribution in [-0.4, -0.2) is 29.0 Å². The molecule has 8 heteroatoms. The van der Waals surface area contributed by atoms with Crippen molar-refractivity contribution in [1.29, 1.82) is 0 Å². The van der Waals surface area contributed by atoms with E-state index in [0.29, 0.717) is 23.5 Å². The minimum absolute atomic E-state index is 0.0406. The number of aromatic nitrogens is 1. The molecule has 7 nitrogen and oxygen atoms in total. The molecule has 0 radical (unpaired) electrons. The number of esters is 1. The number of carbonyl (C=O) groups is 2. The predicted octanol–water partition coefficient (Wildman–Crippen LogP) is 5.05. The van der Waals surface area contributed by atoms with Crippen LogP contribution in [0.15, 0.2) is 102 Å². The molecule has 6 rings (SSSR count). The van der Waals surface area contributed by atoms with Gasteiger partial charge < -0.3 is 19.3 Å². The lowest BCUT2D eigenvalue weighted by atomic mass is 9.75. The van der Waals surface area contributed by atoms with E-state index in [4.69, 9.17) is 14.2 Å². The second-order valence-electron chi connectivity index (χ2n) is 9.62. The summed E-state index contributed by atoms with van der Waals surface area (Å²) in [7, 11) is 1.24. The second kappa shape index (κ2) is 9.63. The zero-order chi connectivity index (χ0) is 27.2.